The largest absolute Gasteiger partial charge is 0.350 e. The lowest BCUT2D eigenvalue weighted by atomic mass is 10.0. The summed E-state index contributed by atoms with van der Waals surface area (Å²) < 4.78 is 0. The molecule has 2 rings (SSSR count). The average Bonchev–Trinajstić information content (AvgIpc) is 2.57. The second-order valence-corrected chi connectivity index (χ2v) is 6.59. The molecule has 0 bridgehead atoms. The van der Waals surface area contributed by atoms with Crippen molar-refractivity contribution in [3.05, 3.63) is 64.2 Å². The molecule has 2 N–H and O–H groups in total. The standard InChI is InChI=1S/C21H26N2O2/c1-6-16(5)22-20(24)17-7-9-18(10-8-17)21(25)23-19-14(3)11-13(2)12-15(19)4/h7-12,16H,6H2,1-5H3,(H,22,24)(H,23,25). The quantitative estimate of drug-likeness (QED) is 0.849. The predicted molar refractivity (Wildman–Crippen MR) is 102 cm³/mol. The molecule has 0 aliphatic carbocycles. The monoisotopic (exact) mass is 338 g/mol. The zero-order valence-electron chi connectivity index (χ0n) is 15.6. The van der Waals surface area contributed by atoms with E-state index in [1.165, 1.54) is 5.56 Å². The van der Waals surface area contributed by atoms with E-state index in [1.807, 2.05) is 46.8 Å². The van der Waals surface area contributed by atoms with E-state index in [2.05, 4.69) is 10.6 Å². The summed E-state index contributed by atoms with van der Waals surface area (Å²) in [5.74, 6) is -0.296. The molecule has 0 aromatic heterocycles. The van der Waals surface area contributed by atoms with Crippen LogP contribution in [0.15, 0.2) is 36.4 Å². The van der Waals surface area contributed by atoms with Crippen molar-refractivity contribution in [1.29, 1.82) is 0 Å². The predicted octanol–water partition coefficient (Wildman–Crippen LogP) is 4.39. The van der Waals surface area contributed by atoms with Crippen LogP contribution in [0.1, 0.15) is 57.7 Å². The number of nitrogens with one attached hydrogen (secondary N) is 2. The third-order valence-electron chi connectivity index (χ3n) is 4.31. The average molecular weight is 338 g/mol. The van der Waals surface area contributed by atoms with Gasteiger partial charge in [-0.2, -0.15) is 0 Å². The van der Waals surface area contributed by atoms with Gasteiger partial charge >= 0.3 is 0 Å². The summed E-state index contributed by atoms with van der Waals surface area (Å²) in [6.07, 6.45) is 0.876. The van der Waals surface area contributed by atoms with Gasteiger partial charge in [0.05, 0.1) is 0 Å². The van der Waals surface area contributed by atoms with Gasteiger partial charge in [0.2, 0.25) is 0 Å². The van der Waals surface area contributed by atoms with Gasteiger partial charge in [-0.3, -0.25) is 9.59 Å². The number of hydrogen-bond acceptors (Lipinski definition) is 2. The van der Waals surface area contributed by atoms with Crippen molar-refractivity contribution in [3.63, 3.8) is 0 Å². The first-order valence-electron chi connectivity index (χ1n) is 8.62. The van der Waals surface area contributed by atoms with Crippen LogP contribution in [-0.2, 0) is 0 Å². The number of benzene rings is 2. The third kappa shape index (κ3) is 4.69. The van der Waals surface area contributed by atoms with Crippen LogP contribution >= 0.6 is 0 Å². The van der Waals surface area contributed by atoms with Crippen molar-refractivity contribution in [2.75, 3.05) is 5.32 Å². The molecule has 1 atom stereocenters. The van der Waals surface area contributed by atoms with Gasteiger partial charge < -0.3 is 10.6 Å². The Bertz CT molecular complexity index is 756. The maximum atomic E-state index is 12.5. The van der Waals surface area contributed by atoms with Crippen LogP contribution in [0, 0.1) is 20.8 Å². The molecule has 0 heterocycles. The number of carbonyl (C=O) groups is 2. The summed E-state index contributed by atoms with van der Waals surface area (Å²) in [5, 5.41) is 5.89. The zero-order chi connectivity index (χ0) is 18.6. The molecular formula is C21H26N2O2. The first-order valence-corrected chi connectivity index (χ1v) is 8.62. The minimum atomic E-state index is -0.177. The molecule has 0 aliphatic rings. The second-order valence-electron chi connectivity index (χ2n) is 6.59. The first-order chi connectivity index (χ1) is 11.8. The van der Waals surface area contributed by atoms with Gasteiger partial charge in [-0.05, 0) is 69.5 Å². The molecular weight excluding hydrogens is 312 g/mol. The Morgan fingerprint density at radius 1 is 0.920 bits per heavy atom. The molecule has 2 aromatic carbocycles. The number of hydrogen-bond donors (Lipinski definition) is 2. The molecule has 0 radical (unpaired) electrons. The topological polar surface area (TPSA) is 58.2 Å². The smallest absolute Gasteiger partial charge is 0.255 e. The maximum Gasteiger partial charge on any atom is 0.255 e. The Morgan fingerprint density at radius 2 is 1.40 bits per heavy atom. The normalized spacial score (nSPS) is 11.7. The Morgan fingerprint density at radius 3 is 1.88 bits per heavy atom. The molecule has 4 heteroatoms. The van der Waals surface area contributed by atoms with Gasteiger partial charge in [0.1, 0.15) is 0 Å². The molecule has 2 aromatic rings. The van der Waals surface area contributed by atoms with E-state index in [0.29, 0.717) is 11.1 Å². The van der Waals surface area contributed by atoms with E-state index in [9.17, 15) is 9.59 Å². The van der Waals surface area contributed by atoms with Gasteiger partial charge in [0.25, 0.3) is 11.8 Å². The van der Waals surface area contributed by atoms with Gasteiger partial charge in [0, 0.05) is 22.9 Å². The zero-order valence-corrected chi connectivity index (χ0v) is 15.6. The van der Waals surface area contributed by atoms with Crippen molar-refractivity contribution >= 4 is 17.5 Å². The molecule has 2 amide bonds. The summed E-state index contributed by atoms with van der Waals surface area (Å²) in [6.45, 7) is 9.99. The van der Waals surface area contributed by atoms with E-state index in [0.717, 1.165) is 23.2 Å². The number of aryl methyl sites for hydroxylation is 3. The van der Waals surface area contributed by atoms with Gasteiger partial charge in [0.15, 0.2) is 0 Å². The lowest BCUT2D eigenvalue weighted by Gasteiger charge is -2.13. The molecule has 0 spiro atoms. The Hall–Kier alpha value is -2.62. The first kappa shape index (κ1) is 18.7. The number of rotatable bonds is 5. The fourth-order valence-corrected chi connectivity index (χ4v) is 2.75. The Kier molecular flexibility index (Phi) is 5.97. The van der Waals surface area contributed by atoms with E-state index in [4.69, 9.17) is 0 Å². The minimum absolute atomic E-state index is 0.119. The van der Waals surface area contributed by atoms with E-state index >= 15 is 0 Å². The van der Waals surface area contributed by atoms with E-state index in [-0.39, 0.29) is 17.9 Å². The second kappa shape index (κ2) is 7.97. The lowest BCUT2D eigenvalue weighted by molar-refractivity contribution is 0.0937. The van der Waals surface area contributed by atoms with Crippen molar-refractivity contribution < 1.29 is 9.59 Å². The molecule has 0 saturated heterocycles. The fraction of sp³-hybridized carbons (Fsp3) is 0.333. The highest BCUT2D eigenvalue weighted by atomic mass is 16.2. The highest BCUT2D eigenvalue weighted by molar-refractivity contribution is 6.05. The van der Waals surface area contributed by atoms with Crippen molar-refractivity contribution in [3.8, 4) is 0 Å². The van der Waals surface area contributed by atoms with Crippen LogP contribution in [-0.4, -0.2) is 17.9 Å². The molecule has 0 saturated carbocycles. The SMILES string of the molecule is CCC(C)NC(=O)c1ccc(C(=O)Nc2c(C)cc(C)cc2C)cc1. The Labute approximate surface area is 149 Å². The Balaban J connectivity index is 2.12. The number of anilines is 1. The van der Waals surface area contributed by atoms with Crippen LogP contribution in [0.4, 0.5) is 5.69 Å². The van der Waals surface area contributed by atoms with Gasteiger partial charge in [-0.1, -0.05) is 24.6 Å². The third-order valence-corrected chi connectivity index (χ3v) is 4.31. The van der Waals surface area contributed by atoms with Gasteiger partial charge in [-0.15, -0.1) is 0 Å². The van der Waals surface area contributed by atoms with Crippen LogP contribution in [0.25, 0.3) is 0 Å². The van der Waals surface area contributed by atoms with Crippen molar-refractivity contribution in [2.24, 2.45) is 0 Å². The maximum absolute atomic E-state index is 12.5. The van der Waals surface area contributed by atoms with Crippen molar-refractivity contribution in [2.45, 2.75) is 47.1 Å². The molecule has 1 unspecified atom stereocenters. The molecule has 0 fully saturated rings. The molecule has 0 aliphatic heterocycles. The fourth-order valence-electron chi connectivity index (χ4n) is 2.75. The summed E-state index contributed by atoms with van der Waals surface area (Å²) >= 11 is 0. The minimum Gasteiger partial charge on any atom is -0.350 e. The van der Waals surface area contributed by atoms with Crippen LogP contribution < -0.4 is 10.6 Å². The number of carbonyl (C=O) groups excluding carboxylic acids is 2. The molecule has 25 heavy (non-hydrogen) atoms. The summed E-state index contributed by atoms with van der Waals surface area (Å²) in [6, 6.07) is 10.9. The highest BCUT2D eigenvalue weighted by Gasteiger charge is 2.12. The van der Waals surface area contributed by atoms with E-state index in [1.54, 1.807) is 24.3 Å². The summed E-state index contributed by atoms with van der Waals surface area (Å²) in [4.78, 5) is 24.6. The highest BCUT2D eigenvalue weighted by Crippen LogP contribution is 2.22. The van der Waals surface area contributed by atoms with E-state index < -0.39 is 0 Å². The lowest BCUT2D eigenvalue weighted by Crippen LogP contribution is -2.31. The number of amides is 2. The molecule has 132 valence electrons. The van der Waals surface area contributed by atoms with Crippen LogP contribution in [0.2, 0.25) is 0 Å². The van der Waals surface area contributed by atoms with Crippen LogP contribution in [0.3, 0.4) is 0 Å². The van der Waals surface area contributed by atoms with Gasteiger partial charge in [-0.25, -0.2) is 0 Å². The van der Waals surface area contributed by atoms with Crippen molar-refractivity contribution in [1.82, 2.24) is 5.32 Å². The van der Waals surface area contributed by atoms with Crippen LogP contribution in [0.5, 0.6) is 0 Å². The summed E-state index contributed by atoms with van der Waals surface area (Å²) in [7, 11) is 0. The molecule has 4 nitrogen and oxygen atoms in total. The summed E-state index contributed by atoms with van der Waals surface area (Å²) in [5.41, 5.74) is 5.17.